The molecular formula is C23H27BrN4O4. The van der Waals surface area contributed by atoms with E-state index >= 15 is 0 Å². The summed E-state index contributed by atoms with van der Waals surface area (Å²) in [6.07, 6.45) is 6.67. The number of hydrogen-bond donors (Lipinski definition) is 2. The van der Waals surface area contributed by atoms with E-state index in [-0.39, 0.29) is 5.92 Å². The topological polar surface area (TPSA) is 98.0 Å². The minimum absolute atomic E-state index is 0.0700. The maximum absolute atomic E-state index is 11.8. The van der Waals surface area contributed by atoms with Crippen molar-refractivity contribution in [2.75, 3.05) is 19.5 Å². The van der Waals surface area contributed by atoms with Crippen LogP contribution < -0.4 is 14.8 Å². The third kappa shape index (κ3) is 4.13. The minimum atomic E-state index is -0.736. The van der Waals surface area contributed by atoms with Crippen molar-refractivity contribution >= 4 is 33.2 Å². The van der Waals surface area contributed by atoms with E-state index in [0.29, 0.717) is 29.8 Å². The lowest BCUT2D eigenvalue weighted by Gasteiger charge is -2.34. The normalized spacial score (nSPS) is 20.8. The van der Waals surface area contributed by atoms with Crippen LogP contribution >= 0.6 is 15.9 Å². The summed E-state index contributed by atoms with van der Waals surface area (Å²) in [5.41, 5.74) is 1.08. The third-order valence-corrected chi connectivity index (χ3v) is 6.89. The Hall–Kier alpha value is -2.81. The van der Waals surface area contributed by atoms with Gasteiger partial charge in [-0.3, -0.25) is 9.20 Å². The number of carbonyl (C=O) groups is 1. The van der Waals surface area contributed by atoms with Crippen molar-refractivity contribution in [2.24, 2.45) is 5.41 Å². The molecule has 8 nitrogen and oxygen atoms in total. The van der Waals surface area contributed by atoms with Crippen LogP contribution in [0.1, 0.15) is 49.9 Å². The number of imidazole rings is 1. The van der Waals surface area contributed by atoms with Gasteiger partial charge in [0, 0.05) is 36.5 Å². The zero-order valence-electron chi connectivity index (χ0n) is 18.4. The Bertz CT molecular complexity index is 1150. The van der Waals surface area contributed by atoms with Gasteiger partial charge in [-0.15, -0.1) is 0 Å². The maximum atomic E-state index is 11.8. The van der Waals surface area contributed by atoms with Gasteiger partial charge in [0.1, 0.15) is 27.4 Å². The molecule has 2 aromatic heterocycles. The number of anilines is 1. The number of rotatable bonds is 7. The Morgan fingerprint density at radius 2 is 2.19 bits per heavy atom. The van der Waals surface area contributed by atoms with E-state index in [1.54, 1.807) is 20.4 Å². The Labute approximate surface area is 195 Å². The van der Waals surface area contributed by atoms with Crippen LogP contribution in [-0.2, 0) is 11.3 Å². The van der Waals surface area contributed by atoms with Gasteiger partial charge < -0.3 is 19.9 Å². The highest BCUT2D eigenvalue weighted by Crippen LogP contribution is 2.44. The molecule has 2 N–H and O–H groups in total. The summed E-state index contributed by atoms with van der Waals surface area (Å²) < 4.78 is 13.5. The SMILES string of the molecule is COc1ccc(CNc2nccn3c(C4CCCC(C)(C(=O)O)C4)nc(Br)c23)c(OC)c1. The van der Waals surface area contributed by atoms with Crippen molar-refractivity contribution in [3.8, 4) is 11.5 Å². The minimum Gasteiger partial charge on any atom is -0.497 e. The molecule has 0 saturated heterocycles. The number of fused-ring (bicyclic) bond motifs is 1. The van der Waals surface area contributed by atoms with E-state index in [9.17, 15) is 9.90 Å². The summed E-state index contributed by atoms with van der Waals surface area (Å²) in [6.45, 7) is 2.34. The molecule has 32 heavy (non-hydrogen) atoms. The number of nitrogens with one attached hydrogen (secondary N) is 1. The van der Waals surface area contributed by atoms with Gasteiger partial charge in [0.15, 0.2) is 5.82 Å². The molecule has 1 aliphatic carbocycles. The molecule has 1 saturated carbocycles. The number of nitrogens with zero attached hydrogens (tertiary/aromatic N) is 3. The van der Waals surface area contributed by atoms with Gasteiger partial charge in [-0.1, -0.05) is 6.42 Å². The van der Waals surface area contributed by atoms with Gasteiger partial charge in [0.2, 0.25) is 0 Å². The first-order valence-corrected chi connectivity index (χ1v) is 11.4. The predicted octanol–water partition coefficient (Wildman–Crippen LogP) is 4.87. The molecule has 0 amide bonds. The van der Waals surface area contributed by atoms with Crippen molar-refractivity contribution < 1.29 is 19.4 Å². The van der Waals surface area contributed by atoms with E-state index in [1.165, 1.54) is 0 Å². The largest absolute Gasteiger partial charge is 0.497 e. The molecule has 0 radical (unpaired) electrons. The first kappa shape index (κ1) is 22.4. The lowest BCUT2D eigenvalue weighted by Crippen LogP contribution is -2.33. The molecule has 4 rings (SSSR count). The summed E-state index contributed by atoms with van der Waals surface area (Å²) in [5.74, 6) is 2.35. The highest BCUT2D eigenvalue weighted by Gasteiger charge is 2.40. The fourth-order valence-electron chi connectivity index (χ4n) is 4.52. The van der Waals surface area contributed by atoms with Crippen LogP contribution in [0.15, 0.2) is 35.2 Å². The molecular weight excluding hydrogens is 476 g/mol. The predicted molar refractivity (Wildman–Crippen MR) is 125 cm³/mol. The second kappa shape index (κ2) is 8.97. The lowest BCUT2D eigenvalue weighted by atomic mass is 9.70. The molecule has 0 bridgehead atoms. The molecule has 1 aliphatic rings. The van der Waals surface area contributed by atoms with Crippen molar-refractivity contribution in [3.63, 3.8) is 0 Å². The highest BCUT2D eigenvalue weighted by atomic mass is 79.9. The summed E-state index contributed by atoms with van der Waals surface area (Å²) in [4.78, 5) is 21.1. The van der Waals surface area contributed by atoms with Crippen LogP contribution in [-0.4, -0.2) is 39.7 Å². The van der Waals surface area contributed by atoms with E-state index < -0.39 is 11.4 Å². The average molecular weight is 503 g/mol. The quantitative estimate of drug-likeness (QED) is 0.475. The number of ether oxygens (including phenoxy) is 2. The van der Waals surface area contributed by atoms with E-state index in [2.05, 4.69) is 26.2 Å². The van der Waals surface area contributed by atoms with Crippen LogP contribution in [0.5, 0.6) is 11.5 Å². The first-order chi connectivity index (χ1) is 15.4. The fraction of sp³-hybridized carbons (Fsp3) is 0.435. The molecule has 1 aromatic carbocycles. The number of halogens is 1. The highest BCUT2D eigenvalue weighted by molar-refractivity contribution is 9.10. The number of benzene rings is 1. The first-order valence-electron chi connectivity index (χ1n) is 10.6. The smallest absolute Gasteiger partial charge is 0.309 e. The van der Waals surface area contributed by atoms with Gasteiger partial charge >= 0.3 is 5.97 Å². The zero-order valence-corrected chi connectivity index (χ0v) is 20.0. The van der Waals surface area contributed by atoms with Crippen LogP contribution in [0.2, 0.25) is 0 Å². The lowest BCUT2D eigenvalue weighted by molar-refractivity contribution is -0.150. The third-order valence-electron chi connectivity index (χ3n) is 6.34. The van der Waals surface area contributed by atoms with Crippen molar-refractivity contribution in [3.05, 3.63) is 46.6 Å². The number of hydrogen-bond acceptors (Lipinski definition) is 6. The van der Waals surface area contributed by atoms with Gasteiger partial charge in [-0.25, -0.2) is 9.97 Å². The Balaban J connectivity index is 1.63. The molecule has 2 unspecified atom stereocenters. The van der Waals surface area contributed by atoms with Gasteiger partial charge in [-0.2, -0.15) is 0 Å². The van der Waals surface area contributed by atoms with Crippen LogP contribution in [0.3, 0.4) is 0 Å². The number of aromatic nitrogens is 3. The molecule has 2 atom stereocenters. The molecule has 0 spiro atoms. The Morgan fingerprint density at radius 1 is 1.38 bits per heavy atom. The molecule has 9 heteroatoms. The monoisotopic (exact) mass is 502 g/mol. The molecule has 1 fully saturated rings. The average Bonchev–Trinajstić information content (AvgIpc) is 3.14. The van der Waals surface area contributed by atoms with Crippen molar-refractivity contribution in [2.45, 2.75) is 45.1 Å². The van der Waals surface area contributed by atoms with Gasteiger partial charge in [0.05, 0.1) is 19.6 Å². The van der Waals surface area contributed by atoms with Crippen molar-refractivity contribution in [1.82, 2.24) is 14.4 Å². The summed E-state index contributed by atoms with van der Waals surface area (Å²) in [5, 5.41) is 13.1. The van der Waals surface area contributed by atoms with E-state index in [0.717, 1.165) is 41.2 Å². The molecule has 170 valence electrons. The summed E-state index contributed by atoms with van der Waals surface area (Å²) in [7, 11) is 3.25. The summed E-state index contributed by atoms with van der Waals surface area (Å²) in [6, 6.07) is 5.69. The number of aliphatic carboxylic acids is 1. The molecule has 2 heterocycles. The zero-order chi connectivity index (χ0) is 22.9. The standard InChI is InChI=1S/C23H27BrN4O4/c1-23(22(29)30)8-4-5-14(12-23)21-27-19(24)18-20(25-9-10-28(18)21)26-13-15-6-7-16(31-2)11-17(15)32-3/h6-7,9-11,14H,4-5,8,12-13H2,1-3H3,(H,25,26)(H,29,30). The Morgan fingerprint density at radius 3 is 2.91 bits per heavy atom. The van der Waals surface area contributed by atoms with Crippen LogP contribution in [0.25, 0.3) is 5.52 Å². The number of methoxy groups -OCH3 is 2. The van der Waals surface area contributed by atoms with Crippen molar-refractivity contribution in [1.29, 1.82) is 0 Å². The van der Waals surface area contributed by atoms with Crippen LogP contribution in [0, 0.1) is 5.41 Å². The number of carboxylic acids is 1. The fourth-order valence-corrected chi connectivity index (χ4v) is 5.08. The van der Waals surface area contributed by atoms with E-state index in [4.69, 9.17) is 14.5 Å². The maximum Gasteiger partial charge on any atom is 0.309 e. The van der Waals surface area contributed by atoms with E-state index in [1.807, 2.05) is 35.7 Å². The molecule has 0 aliphatic heterocycles. The number of carboxylic acid groups (broad SMARTS) is 1. The van der Waals surface area contributed by atoms with Gasteiger partial charge in [-0.05, 0) is 54.2 Å². The Kier molecular flexibility index (Phi) is 6.28. The molecule has 3 aromatic rings. The summed E-state index contributed by atoms with van der Waals surface area (Å²) >= 11 is 3.60. The second-order valence-corrected chi connectivity index (χ2v) is 9.20. The second-order valence-electron chi connectivity index (χ2n) is 8.45. The van der Waals surface area contributed by atoms with Gasteiger partial charge in [0.25, 0.3) is 0 Å². The van der Waals surface area contributed by atoms with Crippen LogP contribution in [0.4, 0.5) is 5.82 Å².